The number of carbonyl (C=O) groups excluding carboxylic acids is 1. The van der Waals surface area contributed by atoms with Crippen molar-refractivity contribution in [3.05, 3.63) is 83.4 Å². The first-order valence-corrected chi connectivity index (χ1v) is 7.51. The third kappa shape index (κ3) is 2.73. The normalized spacial score (nSPS) is 12.1. The molecule has 0 spiro atoms. The summed E-state index contributed by atoms with van der Waals surface area (Å²) in [7, 11) is 0. The lowest BCUT2D eigenvalue weighted by atomic mass is 9.99. The van der Waals surface area contributed by atoms with E-state index >= 15 is 0 Å². The highest BCUT2D eigenvalue weighted by molar-refractivity contribution is 5.96. The highest BCUT2D eigenvalue weighted by atomic mass is 16.1. The highest BCUT2D eigenvalue weighted by Gasteiger charge is 2.14. The van der Waals surface area contributed by atoms with Crippen molar-refractivity contribution in [2.24, 2.45) is 0 Å². The van der Waals surface area contributed by atoms with Crippen LogP contribution >= 0.6 is 0 Å². The fourth-order valence-electron chi connectivity index (χ4n) is 2.81. The lowest BCUT2D eigenvalue weighted by molar-refractivity contribution is 0.0939. The second-order valence-corrected chi connectivity index (χ2v) is 5.58. The number of benzene rings is 3. The monoisotopic (exact) mass is 289 g/mol. The molecule has 0 saturated heterocycles. The topological polar surface area (TPSA) is 29.1 Å². The largest absolute Gasteiger partial charge is 0.345 e. The zero-order valence-electron chi connectivity index (χ0n) is 12.8. The van der Waals surface area contributed by atoms with Gasteiger partial charge >= 0.3 is 0 Å². The summed E-state index contributed by atoms with van der Waals surface area (Å²) in [5, 5.41) is 5.48. The van der Waals surface area contributed by atoms with Gasteiger partial charge in [-0.25, -0.2) is 0 Å². The molecule has 22 heavy (non-hydrogen) atoms. The van der Waals surface area contributed by atoms with Crippen LogP contribution in [0.5, 0.6) is 0 Å². The number of nitrogens with one attached hydrogen (secondary N) is 1. The minimum Gasteiger partial charge on any atom is -0.345 e. The fraction of sp³-hybridized carbons (Fsp3) is 0.150. The number of rotatable bonds is 3. The lowest BCUT2D eigenvalue weighted by Crippen LogP contribution is -2.27. The molecular weight excluding hydrogens is 270 g/mol. The Bertz CT molecular complexity index is 817. The summed E-state index contributed by atoms with van der Waals surface area (Å²) < 4.78 is 0. The van der Waals surface area contributed by atoms with Crippen LogP contribution in [0.2, 0.25) is 0 Å². The Hall–Kier alpha value is -2.61. The summed E-state index contributed by atoms with van der Waals surface area (Å²) >= 11 is 0. The maximum atomic E-state index is 12.5. The Kier molecular flexibility index (Phi) is 3.92. The second-order valence-electron chi connectivity index (χ2n) is 5.58. The van der Waals surface area contributed by atoms with Gasteiger partial charge in [-0.1, -0.05) is 60.7 Å². The zero-order valence-corrected chi connectivity index (χ0v) is 12.8. The first-order valence-electron chi connectivity index (χ1n) is 7.51. The van der Waals surface area contributed by atoms with Crippen molar-refractivity contribution in [1.82, 2.24) is 5.32 Å². The summed E-state index contributed by atoms with van der Waals surface area (Å²) in [6.45, 7) is 3.98. The maximum absolute atomic E-state index is 12.5. The van der Waals surface area contributed by atoms with Gasteiger partial charge in [-0.05, 0) is 41.8 Å². The minimum absolute atomic E-state index is 0.0291. The molecule has 2 nitrogen and oxygen atoms in total. The summed E-state index contributed by atoms with van der Waals surface area (Å²) in [5.74, 6) is -0.0291. The van der Waals surface area contributed by atoms with E-state index in [1.165, 1.54) is 10.8 Å². The molecule has 0 saturated carbocycles. The molecule has 0 aromatic heterocycles. The Balaban J connectivity index is 1.89. The molecule has 1 atom stereocenters. The molecule has 0 aliphatic heterocycles. The molecular formula is C20H19NO. The summed E-state index contributed by atoms with van der Waals surface area (Å²) in [6.07, 6.45) is 0. The average Bonchev–Trinajstić information content (AvgIpc) is 2.54. The SMILES string of the molecule is Cc1ccccc1C(=O)N[C@@H](C)c1cccc2ccccc12. The van der Waals surface area contributed by atoms with Crippen LogP contribution in [0.3, 0.4) is 0 Å². The number of aryl methyl sites for hydroxylation is 1. The highest BCUT2D eigenvalue weighted by Crippen LogP contribution is 2.24. The predicted octanol–water partition coefficient (Wildman–Crippen LogP) is 4.64. The van der Waals surface area contributed by atoms with E-state index < -0.39 is 0 Å². The molecule has 0 fully saturated rings. The molecule has 2 heteroatoms. The van der Waals surface area contributed by atoms with Crippen LogP contribution in [0.25, 0.3) is 10.8 Å². The molecule has 3 aromatic carbocycles. The molecule has 1 N–H and O–H groups in total. The Labute approximate surface area is 130 Å². The van der Waals surface area contributed by atoms with Crippen molar-refractivity contribution in [1.29, 1.82) is 0 Å². The number of hydrogen-bond acceptors (Lipinski definition) is 1. The van der Waals surface area contributed by atoms with Gasteiger partial charge < -0.3 is 5.32 Å². The number of amides is 1. The zero-order chi connectivity index (χ0) is 15.5. The van der Waals surface area contributed by atoms with Crippen molar-refractivity contribution in [3.63, 3.8) is 0 Å². The van der Waals surface area contributed by atoms with Gasteiger partial charge in [-0.2, -0.15) is 0 Å². The summed E-state index contributed by atoms with van der Waals surface area (Å²) in [4.78, 5) is 12.5. The van der Waals surface area contributed by atoms with Gasteiger partial charge in [0.2, 0.25) is 0 Å². The number of carbonyl (C=O) groups is 1. The molecule has 0 bridgehead atoms. The number of fused-ring (bicyclic) bond motifs is 1. The molecule has 0 heterocycles. The van der Waals surface area contributed by atoms with Crippen LogP contribution in [-0.2, 0) is 0 Å². The molecule has 3 aromatic rings. The third-order valence-corrected chi connectivity index (χ3v) is 4.03. The summed E-state index contributed by atoms with van der Waals surface area (Å²) in [5.41, 5.74) is 2.86. The van der Waals surface area contributed by atoms with E-state index in [-0.39, 0.29) is 11.9 Å². The van der Waals surface area contributed by atoms with Crippen LogP contribution < -0.4 is 5.32 Å². The van der Waals surface area contributed by atoms with Gasteiger partial charge in [0, 0.05) is 5.56 Å². The lowest BCUT2D eigenvalue weighted by Gasteiger charge is -2.17. The van der Waals surface area contributed by atoms with E-state index in [0.717, 1.165) is 16.7 Å². The molecule has 0 unspecified atom stereocenters. The Morgan fingerprint density at radius 2 is 1.59 bits per heavy atom. The van der Waals surface area contributed by atoms with Crippen LogP contribution in [0.15, 0.2) is 66.7 Å². The first kappa shape index (κ1) is 14.3. The van der Waals surface area contributed by atoms with E-state index in [2.05, 4.69) is 29.6 Å². The summed E-state index contributed by atoms with van der Waals surface area (Å²) in [6, 6.07) is 22.1. The maximum Gasteiger partial charge on any atom is 0.252 e. The standard InChI is InChI=1S/C20H19NO/c1-14-8-3-5-11-17(14)20(22)21-15(2)18-13-7-10-16-9-4-6-12-19(16)18/h3-13,15H,1-2H3,(H,21,22)/t15-/m0/s1. The molecule has 3 rings (SSSR count). The van der Waals surface area contributed by atoms with Gasteiger partial charge in [-0.3, -0.25) is 4.79 Å². The fourth-order valence-corrected chi connectivity index (χ4v) is 2.81. The van der Waals surface area contributed by atoms with Crippen molar-refractivity contribution in [3.8, 4) is 0 Å². The van der Waals surface area contributed by atoms with E-state index in [9.17, 15) is 4.79 Å². The van der Waals surface area contributed by atoms with Crippen molar-refractivity contribution in [2.45, 2.75) is 19.9 Å². The Morgan fingerprint density at radius 3 is 2.41 bits per heavy atom. The van der Waals surface area contributed by atoms with Gasteiger partial charge in [0.05, 0.1) is 6.04 Å². The molecule has 0 radical (unpaired) electrons. The Morgan fingerprint density at radius 1 is 0.909 bits per heavy atom. The van der Waals surface area contributed by atoms with Gasteiger partial charge in [0.15, 0.2) is 0 Å². The average molecular weight is 289 g/mol. The van der Waals surface area contributed by atoms with Gasteiger partial charge in [0.1, 0.15) is 0 Å². The van der Waals surface area contributed by atoms with Crippen LogP contribution in [-0.4, -0.2) is 5.91 Å². The molecule has 1 amide bonds. The smallest absolute Gasteiger partial charge is 0.252 e. The predicted molar refractivity (Wildman–Crippen MR) is 91.0 cm³/mol. The van der Waals surface area contributed by atoms with Crippen LogP contribution in [0.1, 0.15) is 34.5 Å². The minimum atomic E-state index is -0.0433. The van der Waals surface area contributed by atoms with Gasteiger partial charge in [-0.15, -0.1) is 0 Å². The molecule has 0 aliphatic rings. The van der Waals surface area contributed by atoms with Gasteiger partial charge in [0.25, 0.3) is 5.91 Å². The molecule has 110 valence electrons. The van der Waals surface area contributed by atoms with E-state index in [1.54, 1.807) is 0 Å². The van der Waals surface area contributed by atoms with Crippen molar-refractivity contribution in [2.75, 3.05) is 0 Å². The number of hydrogen-bond donors (Lipinski definition) is 1. The van der Waals surface area contributed by atoms with Crippen LogP contribution in [0.4, 0.5) is 0 Å². The van der Waals surface area contributed by atoms with E-state index in [1.807, 2.05) is 56.3 Å². The second kappa shape index (κ2) is 6.02. The van der Waals surface area contributed by atoms with Crippen LogP contribution in [0, 0.1) is 6.92 Å². The molecule has 0 aliphatic carbocycles. The van der Waals surface area contributed by atoms with E-state index in [4.69, 9.17) is 0 Å². The van der Waals surface area contributed by atoms with Crippen molar-refractivity contribution < 1.29 is 4.79 Å². The van der Waals surface area contributed by atoms with Crippen molar-refractivity contribution >= 4 is 16.7 Å². The third-order valence-electron chi connectivity index (χ3n) is 4.03. The van der Waals surface area contributed by atoms with E-state index in [0.29, 0.717) is 0 Å². The quantitative estimate of drug-likeness (QED) is 0.747. The first-order chi connectivity index (χ1) is 10.7.